The fraction of sp³-hybridized carbons (Fsp3) is 0.300. The van der Waals surface area contributed by atoms with Crippen LogP contribution in [0, 0.1) is 0 Å². The summed E-state index contributed by atoms with van der Waals surface area (Å²) in [6.45, 7) is 5.03. The summed E-state index contributed by atoms with van der Waals surface area (Å²) >= 11 is 1.57. The van der Waals surface area contributed by atoms with Crippen molar-refractivity contribution in [1.82, 2.24) is 14.6 Å². The van der Waals surface area contributed by atoms with Crippen LogP contribution >= 0.6 is 11.5 Å². The van der Waals surface area contributed by atoms with Crippen LogP contribution in [-0.2, 0) is 10.8 Å². The van der Waals surface area contributed by atoms with Gasteiger partial charge < -0.3 is 5.32 Å². The predicted octanol–water partition coefficient (Wildman–Crippen LogP) is 3.78. The lowest BCUT2D eigenvalue weighted by molar-refractivity contribution is 0.113. The Labute approximate surface area is 164 Å². The lowest BCUT2D eigenvalue weighted by atomic mass is 9.99. The van der Waals surface area contributed by atoms with Gasteiger partial charge in [0.25, 0.3) is 0 Å². The molecule has 3 unspecified atom stereocenters. The van der Waals surface area contributed by atoms with Crippen LogP contribution in [0.2, 0.25) is 0 Å². The fourth-order valence-electron chi connectivity index (χ4n) is 3.99. The molecule has 0 spiro atoms. The Morgan fingerprint density at radius 1 is 1.30 bits per heavy atom. The first-order valence-electron chi connectivity index (χ1n) is 9.12. The molecule has 3 heterocycles. The standard InChI is InChI=1S/C20H20N4OS2/c1-13(14-6-7-16-19(10-14)27(25)12-22-16)24-9-8-21-11-17(24)20-15-4-2-3-5-18(15)26-23-20/h2-7,10,12-13,17,21H,8-9,11H2,1H3. The Hall–Kier alpha value is -1.93. The molecule has 3 aromatic rings. The lowest BCUT2D eigenvalue weighted by Crippen LogP contribution is -2.47. The van der Waals surface area contributed by atoms with E-state index in [0.717, 1.165) is 35.9 Å². The zero-order chi connectivity index (χ0) is 18.4. The number of hydrogen-bond donors (Lipinski definition) is 1. The Kier molecular flexibility index (Phi) is 4.40. The van der Waals surface area contributed by atoms with Gasteiger partial charge in [0, 0.05) is 31.1 Å². The number of benzene rings is 2. The zero-order valence-electron chi connectivity index (χ0n) is 15.0. The Morgan fingerprint density at radius 2 is 2.19 bits per heavy atom. The van der Waals surface area contributed by atoms with Gasteiger partial charge >= 0.3 is 0 Å². The minimum absolute atomic E-state index is 0.209. The molecule has 0 bridgehead atoms. The van der Waals surface area contributed by atoms with Gasteiger partial charge in [-0.2, -0.15) is 4.37 Å². The van der Waals surface area contributed by atoms with Crippen LogP contribution in [0.25, 0.3) is 10.1 Å². The first kappa shape index (κ1) is 17.2. The number of hydrogen-bond acceptors (Lipinski definition) is 6. The summed E-state index contributed by atoms with van der Waals surface area (Å²) in [5.74, 6) is 0. The molecule has 2 aliphatic heterocycles. The third kappa shape index (κ3) is 2.95. The molecular formula is C20H20N4OS2. The molecule has 2 aliphatic rings. The molecule has 27 heavy (non-hydrogen) atoms. The molecule has 5 rings (SSSR count). The van der Waals surface area contributed by atoms with Gasteiger partial charge in [0.05, 0.1) is 43.4 Å². The van der Waals surface area contributed by atoms with Gasteiger partial charge in [-0.3, -0.25) is 4.90 Å². The molecule has 1 N–H and O–H groups in total. The zero-order valence-corrected chi connectivity index (χ0v) is 16.6. The van der Waals surface area contributed by atoms with Gasteiger partial charge in [-0.1, -0.05) is 24.3 Å². The van der Waals surface area contributed by atoms with Crippen molar-refractivity contribution in [2.75, 3.05) is 19.6 Å². The number of nitrogens with zero attached hydrogens (tertiary/aromatic N) is 3. The highest BCUT2D eigenvalue weighted by Gasteiger charge is 2.31. The second kappa shape index (κ2) is 6.91. The molecule has 7 heteroatoms. The van der Waals surface area contributed by atoms with Gasteiger partial charge in [-0.05, 0) is 42.2 Å². The van der Waals surface area contributed by atoms with Crippen LogP contribution in [0.1, 0.15) is 30.3 Å². The van der Waals surface area contributed by atoms with Crippen molar-refractivity contribution in [3.05, 3.63) is 53.7 Å². The van der Waals surface area contributed by atoms with E-state index >= 15 is 0 Å². The van der Waals surface area contributed by atoms with Crippen LogP contribution in [0.4, 0.5) is 5.69 Å². The highest BCUT2D eigenvalue weighted by Crippen LogP contribution is 2.37. The number of aliphatic imine (C=N–C) groups is 1. The average Bonchev–Trinajstić information content (AvgIpc) is 3.31. The predicted molar refractivity (Wildman–Crippen MR) is 111 cm³/mol. The number of nitrogens with one attached hydrogen (secondary N) is 1. The highest BCUT2D eigenvalue weighted by atomic mass is 32.2. The summed E-state index contributed by atoms with van der Waals surface area (Å²) in [4.78, 5) is 7.56. The average molecular weight is 397 g/mol. The second-order valence-electron chi connectivity index (χ2n) is 6.96. The van der Waals surface area contributed by atoms with E-state index in [1.807, 2.05) is 6.07 Å². The van der Waals surface area contributed by atoms with E-state index in [9.17, 15) is 4.21 Å². The molecule has 1 aromatic heterocycles. The summed E-state index contributed by atoms with van der Waals surface area (Å²) in [7, 11) is -1.12. The van der Waals surface area contributed by atoms with Crippen LogP contribution in [0.15, 0.2) is 52.4 Å². The van der Waals surface area contributed by atoms with Gasteiger partial charge in [0.15, 0.2) is 0 Å². The lowest BCUT2D eigenvalue weighted by Gasteiger charge is -2.40. The SMILES string of the molecule is CC(c1ccc2c(c1)S(=O)C=N2)N1CCNCC1c1nsc2ccccc12. The molecule has 2 aromatic carbocycles. The largest absolute Gasteiger partial charge is 0.313 e. The Bertz CT molecular complexity index is 1060. The van der Waals surface area contributed by atoms with E-state index in [4.69, 9.17) is 4.37 Å². The third-order valence-electron chi connectivity index (χ3n) is 5.47. The van der Waals surface area contributed by atoms with E-state index in [1.165, 1.54) is 21.2 Å². The van der Waals surface area contributed by atoms with Crippen molar-refractivity contribution in [2.24, 2.45) is 4.99 Å². The maximum atomic E-state index is 12.1. The van der Waals surface area contributed by atoms with E-state index in [-0.39, 0.29) is 12.1 Å². The first-order valence-corrected chi connectivity index (χ1v) is 11.1. The van der Waals surface area contributed by atoms with Crippen LogP contribution in [0.5, 0.6) is 0 Å². The van der Waals surface area contributed by atoms with Crippen molar-refractivity contribution >= 4 is 43.7 Å². The number of rotatable bonds is 3. The van der Waals surface area contributed by atoms with Gasteiger partial charge in [0.2, 0.25) is 0 Å². The molecule has 1 saturated heterocycles. The van der Waals surface area contributed by atoms with Crippen molar-refractivity contribution in [1.29, 1.82) is 0 Å². The molecule has 1 fully saturated rings. The Morgan fingerprint density at radius 3 is 3.11 bits per heavy atom. The Balaban J connectivity index is 1.51. The van der Waals surface area contributed by atoms with Crippen molar-refractivity contribution < 1.29 is 4.21 Å². The molecule has 0 aliphatic carbocycles. The molecule has 0 amide bonds. The summed E-state index contributed by atoms with van der Waals surface area (Å²) in [6.07, 6.45) is 0. The monoisotopic (exact) mass is 396 g/mol. The van der Waals surface area contributed by atoms with E-state index < -0.39 is 10.8 Å². The minimum atomic E-state index is -1.12. The number of fused-ring (bicyclic) bond motifs is 2. The molecule has 0 saturated carbocycles. The second-order valence-corrected chi connectivity index (χ2v) is 9.01. The minimum Gasteiger partial charge on any atom is -0.313 e. The van der Waals surface area contributed by atoms with Crippen LogP contribution in [0.3, 0.4) is 0 Å². The van der Waals surface area contributed by atoms with Crippen molar-refractivity contribution in [3.8, 4) is 0 Å². The van der Waals surface area contributed by atoms with Gasteiger partial charge in [-0.25, -0.2) is 9.20 Å². The van der Waals surface area contributed by atoms with Crippen LogP contribution < -0.4 is 5.32 Å². The summed E-state index contributed by atoms with van der Waals surface area (Å²) in [5.41, 5.74) is 4.68. The molecule has 5 nitrogen and oxygen atoms in total. The molecule has 3 atom stereocenters. The van der Waals surface area contributed by atoms with E-state index in [2.05, 4.69) is 58.5 Å². The fourth-order valence-corrected chi connectivity index (χ4v) is 5.72. The van der Waals surface area contributed by atoms with Crippen molar-refractivity contribution in [2.45, 2.75) is 23.9 Å². The molecular weight excluding hydrogens is 376 g/mol. The van der Waals surface area contributed by atoms with E-state index in [1.54, 1.807) is 11.5 Å². The first-order chi connectivity index (χ1) is 13.2. The highest BCUT2D eigenvalue weighted by molar-refractivity contribution is 7.99. The van der Waals surface area contributed by atoms with Crippen LogP contribution in [-0.4, -0.2) is 38.7 Å². The molecule has 138 valence electrons. The smallest absolute Gasteiger partial charge is 0.0984 e. The summed E-state index contributed by atoms with van der Waals surface area (Å²) in [5, 5.41) is 4.77. The topological polar surface area (TPSA) is 57.6 Å². The quantitative estimate of drug-likeness (QED) is 0.732. The normalized spacial score (nSPS) is 23.6. The van der Waals surface area contributed by atoms with Gasteiger partial charge in [-0.15, -0.1) is 0 Å². The summed E-state index contributed by atoms with van der Waals surface area (Å²) < 4.78 is 18.2. The number of aromatic nitrogens is 1. The van der Waals surface area contributed by atoms with E-state index in [0.29, 0.717) is 0 Å². The molecule has 0 radical (unpaired) electrons. The number of piperazine rings is 1. The van der Waals surface area contributed by atoms with Gasteiger partial charge in [0.1, 0.15) is 0 Å². The summed E-state index contributed by atoms with van der Waals surface area (Å²) in [6, 6.07) is 15.0. The maximum absolute atomic E-state index is 12.1. The van der Waals surface area contributed by atoms with Crippen molar-refractivity contribution in [3.63, 3.8) is 0 Å². The third-order valence-corrected chi connectivity index (χ3v) is 7.37. The maximum Gasteiger partial charge on any atom is 0.0984 e.